The molecule has 0 amide bonds. The van der Waals surface area contributed by atoms with Crippen molar-refractivity contribution in [2.24, 2.45) is 16.7 Å². The fourth-order valence-electron chi connectivity index (χ4n) is 5.16. The van der Waals surface area contributed by atoms with E-state index < -0.39 is 28.6 Å². The van der Waals surface area contributed by atoms with Gasteiger partial charge >= 0.3 is 0 Å². The fourth-order valence-corrected chi connectivity index (χ4v) is 5.16. The van der Waals surface area contributed by atoms with Crippen LogP contribution in [0.25, 0.3) is 0 Å². The lowest BCUT2D eigenvalue weighted by Gasteiger charge is -2.48. The van der Waals surface area contributed by atoms with Crippen LogP contribution in [0.15, 0.2) is 0 Å². The zero-order valence-corrected chi connectivity index (χ0v) is 18.1. The molecule has 2 heterocycles. The van der Waals surface area contributed by atoms with Gasteiger partial charge in [-0.25, -0.2) is 0 Å². The number of hydrogen-bond acceptors (Lipinski definition) is 6. The smallest absolute Gasteiger partial charge is 0.214 e. The Morgan fingerprint density at radius 3 is 1.97 bits per heavy atom. The molecule has 0 spiro atoms. The standard InChI is InChI=1S/C23H34N4O2/c1-4-6-7-8-9-10-11-12-14-19-22(15-24,16-25)23(17-26)18(13-5-2)21(3,28-19)29-20(23)27/h18-19,27H,4-14H2,1-3H3. The van der Waals surface area contributed by atoms with E-state index in [4.69, 9.17) is 14.9 Å². The Bertz CT molecular complexity index is 702. The number of fused-ring (bicyclic) bond motifs is 2. The maximum absolute atomic E-state index is 10.1. The van der Waals surface area contributed by atoms with E-state index >= 15 is 0 Å². The van der Waals surface area contributed by atoms with Gasteiger partial charge in [0.2, 0.25) is 11.7 Å². The van der Waals surface area contributed by atoms with Gasteiger partial charge in [0.1, 0.15) is 0 Å². The number of nitrogens with zero attached hydrogens (tertiary/aromatic N) is 3. The second kappa shape index (κ2) is 9.60. The first-order valence-corrected chi connectivity index (χ1v) is 11.1. The topological polar surface area (TPSA) is 114 Å². The van der Waals surface area contributed by atoms with Gasteiger partial charge in [-0.15, -0.1) is 0 Å². The molecule has 2 bridgehead atoms. The molecule has 6 heteroatoms. The highest BCUT2D eigenvalue weighted by Gasteiger charge is 2.78. The highest BCUT2D eigenvalue weighted by molar-refractivity contribution is 5.89. The molecule has 2 fully saturated rings. The number of ether oxygens (including phenoxy) is 2. The van der Waals surface area contributed by atoms with E-state index in [1.165, 1.54) is 32.1 Å². The van der Waals surface area contributed by atoms with E-state index in [2.05, 4.69) is 25.1 Å². The van der Waals surface area contributed by atoms with Gasteiger partial charge in [0, 0.05) is 6.92 Å². The minimum Gasteiger partial charge on any atom is -0.448 e. The highest BCUT2D eigenvalue weighted by Crippen LogP contribution is 2.64. The Kier molecular flexibility index (Phi) is 7.67. The van der Waals surface area contributed by atoms with Gasteiger partial charge in [0.25, 0.3) is 0 Å². The third-order valence-electron chi connectivity index (χ3n) is 6.73. The average molecular weight is 399 g/mol. The predicted molar refractivity (Wildman–Crippen MR) is 109 cm³/mol. The van der Waals surface area contributed by atoms with Crippen molar-refractivity contribution in [2.45, 2.75) is 103 Å². The summed E-state index contributed by atoms with van der Waals surface area (Å²) in [6.45, 7) is 5.93. The molecule has 0 saturated carbocycles. The third kappa shape index (κ3) is 3.74. The molecule has 0 aliphatic carbocycles. The summed E-state index contributed by atoms with van der Waals surface area (Å²) in [6, 6.07) is 6.43. The Balaban J connectivity index is 2.17. The molecular weight excluding hydrogens is 364 g/mol. The van der Waals surface area contributed by atoms with Crippen molar-refractivity contribution < 1.29 is 9.47 Å². The van der Waals surface area contributed by atoms with E-state index in [-0.39, 0.29) is 5.90 Å². The molecule has 158 valence electrons. The van der Waals surface area contributed by atoms with Gasteiger partial charge in [0.15, 0.2) is 10.8 Å². The van der Waals surface area contributed by atoms with Crippen LogP contribution in [0.5, 0.6) is 0 Å². The van der Waals surface area contributed by atoms with Crippen molar-refractivity contribution in [3.8, 4) is 18.2 Å². The van der Waals surface area contributed by atoms with Crippen LogP contribution in [0.1, 0.15) is 91.4 Å². The van der Waals surface area contributed by atoms with Crippen LogP contribution in [0.2, 0.25) is 0 Å². The Morgan fingerprint density at radius 1 is 0.862 bits per heavy atom. The number of unbranched alkanes of at least 4 members (excludes halogenated alkanes) is 7. The molecule has 2 saturated heterocycles. The van der Waals surface area contributed by atoms with E-state index in [9.17, 15) is 15.8 Å². The predicted octanol–water partition coefficient (Wildman–Crippen LogP) is 5.60. The molecule has 2 aliphatic rings. The van der Waals surface area contributed by atoms with Crippen molar-refractivity contribution in [1.29, 1.82) is 21.2 Å². The monoisotopic (exact) mass is 398 g/mol. The van der Waals surface area contributed by atoms with Crippen molar-refractivity contribution >= 4 is 5.90 Å². The molecule has 29 heavy (non-hydrogen) atoms. The summed E-state index contributed by atoms with van der Waals surface area (Å²) in [7, 11) is 0. The van der Waals surface area contributed by atoms with Crippen molar-refractivity contribution in [3.63, 3.8) is 0 Å². The third-order valence-corrected chi connectivity index (χ3v) is 6.73. The quantitative estimate of drug-likeness (QED) is 0.455. The van der Waals surface area contributed by atoms with Crippen molar-refractivity contribution in [3.05, 3.63) is 0 Å². The minimum absolute atomic E-state index is 0.289. The lowest BCUT2D eigenvalue weighted by Crippen LogP contribution is -2.61. The van der Waals surface area contributed by atoms with Gasteiger partial charge in [0.05, 0.1) is 30.2 Å². The summed E-state index contributed by atoms with van der Waals surface area (Å²) in [4.78, 5) is 0. The average Bonchev–Trinajstić information content (AvgIpc) is 2.87. The molecular formula is C23H34N4O2. The summed E-state index contributed by atoms with van der Waals surface area (Å²) in [5.41, 5.74) is -3.31. The lowest BCUT2D eigenvalue weighted by molar-refractivity contribution is -0.272. The van der Waals surface area contributed by atoms with Crippen LogP contribution in [-0.2, 0) is 9.47 Å². The van der Waals surface area contributed by atoms with Crippen LogP contribution in [0.4, 0.5) is 0 Å². The van der Waals surface area contributed by atoms with E-state index in [1.54, 1.807) is 6.92 Å². The molecule has 0 radical (unpaired) electrons. The number of hydrogen-bond donors (Lipinski definition) is 1. The van der Waals surface area contributed by atoms with Crippen LogP contribution in [-0.4, -0.2) is 17.8 Å². The van der Waals surface area contributed by atoms with Crippen LogP contribution < -0.4 is 0 Å². The summed E-state index contributed by atoms with van der Waals surface area (Å²) in [6.07, 6.45) is 10.3. The summed E-state index contributed by atoms with van der Waals surface area (Å²) in [5, 5.41) is 38.7. The van der Waals surface area contributed by atoms with Gasteiger partial charge in [-0.05, 0) is 12.8 Å². The van der Waals surface area contributed by atoms with Crippen LogP contribution in [0, 0.1) is 56.2 Å². The lowest BCUT2D eigenvalue weighted by atomic mass is 9.53. The van der Waals surface area contributed by atoms with E-state index in [0.29, 0.717) is 12.8 Å². The number of rotatable bonds is 11. The first-order valence-electron chi connectivity index (χ1n) is 11.1. The van der Waals surface area contributed by atoms with Crippen molar-refractivity contribution in [2.75, 3.05) is 0 Å². The fraction of sp³-hybridized carbons (Fsp3) is 0.826. The van der Waals surface area contributed by atoms with Gasteiger partial charge in [-0.2, -0.15) is 15.8 Å². The Morgan fingerprint density at radius 2 is 1.45 bits per heavy atom. The van der Waals surface area contributed by atoms with Gasteiger partial charge < -0.3 is 9.47 Å². The largest absolute Gasteiger partial charge is 0.448 e. The zero-order valence-electron chi connectivity index (χ0n) is 18.1. The SMILES string of the molecule is CCCCCCCCCCC1OC2(C)OC(=N)C(C#N)(C2CCC)C1(C#N)C#N. The molecule has 4 atom stereocenters. The maximum atomic E-state index is 10.1. The van der Waals surface area contributed by atoms with E-state index in [0.717, 1.165) is 25.7 Å². The van der Waals surface area contributed by atoms with E-state index in [1.807, 2.05) is 6.92 Å². The Labute approximate surface area is 175 Å². The number of nitrogens with one attached hydrogen (secondary N) is 1. The van der Waals surface area contributed by atoms with Crippen molar-refractivity contribution in [1.82, 2.24) is 0 Å². The molecule has 6 nitrogen and oxygen atoms in total. The van der Waals surface area contributed by atoms with Crippen LogP contribution in [0.3, 0.4) is 0 Å². The minimum atomic E-state index is -1.73. The van der Waals surface area contributed by atoms with Crippen LogP contribution >= 0.6 is 0 Å². The molecule has 0 aromatic rings. The molecule has 0 aromatic carbocycles. The molecule has 0 aromatic heterocycles. The summed E-state index contributed by atoms with van der Waals surface area (Å²) in [5.74, 6) is -1.93. The summed E-state index contributed by atoms with van der Waals surface area (Å²) >= 11 is 0. The van der Waals surface area contributed by atoms with Gasteiger partial charge in [-0.3, -0.25) is 5.41 Å². The first-order chi connectivity index (χ1) is 13.9. The first kappa shape index (κ1) is 23.2. The molecule has 2 rings (SSSR count). The molecule has 4 unspecified atom stereocenters. The zero-order chi connectivity index (χ0) is 21.5. The second-order valence-corrected chi connectivity index (χ2v) is 8.61. The normalized spacial score (nSPS) is 32.1. The summed E-state index contributed by atoms with van der Waals surface area (Å²) < 4.78 is 12.0. The molecule has 2 aliphatic heterocycles. The van der Waals surface area contributed by atoms with Gasteiger partial charge in [-0.1, -0.05) is 71.6 Å². The molecule has 1 N–H and O–H groups in total. The Hall–Kier alpha value is -2.10. The highest BCUT2D eigenvalue weighted by atomic mass is 16.7. The number of nitriles is 3. The maximum Gasteiger partial charge on any atom is 0.214 e. The second-order valence-electron chi connectivity index (χ2n) is 8.61.